The van der Waals surface area contributed by atoms with Crippen molar-refractivity contribution in [3.05, 3.63) is 34.2 Å². The molecule has 0 aromatic carbocycles. The molecule has 0 unspecified atom stereocenters. The van der Waals surface area contributed by atoms with Gasteiger partial charge >= 0.3 is 0 Å². The van der Waals surface area contributed by atoms with E-state index >= 15 is 0 Å². The number of carbonyl (C=O) groups is 1. The lowest BCUT2D eigenvalue weighted by Gasteiger charge is -2.23. The standard InChI is InChI=1S/C14H19N3O4S/c1-15-11(4-3-5-13(15)18)14(19)16-8-10-6-7-17(12(10)9-16)22(2,20)21/h3-5,10,12H,6-9H2,1-2H3/t10-,12+/m1/s1. The van der Waals surface area contributed by atoms with E-state index in [0.29, 0.717) is 25.3 Å². The first kappa shape index (κ1) is 15.2. The lowest BCUT2D eigenvalue weighted by molar-refractivity contribution is 0.0767. The molecule has 2 aliphatic heterocycles. The molecule has 1 aromatic heterocycles. The van der Waals surface area contributed by atoms with Crippen LogP contribution in [-0.2, 0) is 17.1 Å². The van der Waals surface area contributed by atoms with Crippen LogP contribution < -0.4 is 5.56 Å². The van der Waals surface area contributed by atoms with Gasteiger partial charge in [0, 0.05) is 38.8 Å². The molecule has 0 spiro atoms. The molecule has 120 valence electrons. The Balaban J connectivity index is 1.83. The lowest BCUT2D eigenvalue weighted by Crippen LogP contribution is -2.40. The number of nitrogens with zero attached hydrogens (tertiary/aromatic N) is 3. The smallest absolute Gasteiger partial charge is 0.270 e. The van der Waals surface area contributed by atoms with Crippen molar-refractivity contribution in [1.82, 2.24) is 13.8 Å². The van der Waals surface area contributed by atoms with Crippen molar-refractivity contribution in [2.24, 2.45) is 13.0 Å². The van der Waals surface area contributed by atoms with Crippen molar-refractivity contribution in [1.29, 1.82) is 0 Å². The second-order valence-corrected chi connectivity index (χ2v) is 7.94. The van der Waals surface area contributed by atoms with Gasteiger partial charge in [-0.25, -0.2) is 8.42 Å². The van der Waals surface area contributed by atoms with E-state index in [2.05, 4.69) is 0 Å². The van der Waals surface area contributed by atoms with Crippen molar-refractivity contribution < 1.29 is 13.2 Å². The van der Waals surface area contributed by atoms with Crippen molar-refractivity contribution >= 4 is 15.9 Å². The highest BCUT2D eigenvalue weighted by molar-refractivity contribution is 7.88. The normalized spacial score (nSPS) is 25.5. The molecule has 0 aliphatic carbocycles. The maximum absolute atomic E-state index is 12.6. The van der Waals surface area contributed by atoms with Crippen LogP contribution in [0.25, 0.3) is 0 Å². The van der Waals surface area contributed by atoms with Crippen LogP contribution in [0.4, 0.5) is 0 Å². The average Bonchev–Trinajstić information content (AvgIpc) is 2.99. The molecular formula is C14H19N3O4S. The number of hydrogen-bond donors (Lipinski definition) is 0. The molecule has 3 rings (SSSR count). The van der Waals surface area contributed by atoms with Crippen LogP contribution in [0.15, 0.2) is 23.0 Å². The van der Waals surface area contributed by atoms with Crippen LogP contribution in [0.1, 0.15) is 16.9 Å². The van der Waals surface area contributed by atoms with Crippen molar-refractivity contribution in [3.8, 4) is 0 Å². The summed E-state index contributed by atoms with van der Waals surface area (Å²) in [5.41, 5.74) is 0.0985. The summed E-state index contributed by atoms with van der Waals surface area (Å²) in [6.07, 6.45) is 1.98. The Labute approximate surface area is 129 Å². The fraction of sp³-hybridized carbons (Fsp3) is 0.571. The summed E-state index contributed by atoms with van der Waals surface area (Å²) >= 11 is 0. The second-order valence-electron chi connectivity index (χ2n) is 6.01. The Morgan fingerprint density at radius 1 is 1.27 bits per heavy atom. The summed E-state index contributed by atoms with van der Waals surface area (Å²) < 4.78 is 26.4. The second kappa shape index (κ2) is 5.20. The van der Waals surface area contributed by atoms with E-state index < -0.39 is 10.0 Å². The summed E-state index contributed by atoms with van der Waals surface area (Å²) in [6.45, 7) is 1.46. The molecule has 2 saturated heterocycles. The molecule has 2 atom stereocenters. The fourth-order valence-electron chi connectivity index (χ4n) is 3.44. The molecule has 8 heteroatoms. The minimum atomic E-state index is -3.25. The molecule has 22 heavy (non-hydrogen) atoms. The Hall–Kier alpha value is -1.67. The highest BCUT2D eigenvalue weighted by Gasteiger charge is 2.46. The summed E-state index contributed by atoms with van der Waals surface area (Å²) in [5.74, 6) is -0.0394. The zero-order valence-corrected chi connectivity index (χ0v) is 13.4. The first-order valence-electron chi connectivity index (χ1n) is 7.21. The summed E-state index contributed by atoms with van der Waals surface area (Å²) in [4.78, 5) is 25.9. The number of aromatic nitrogens is 1. The molecule has 0 bridgehead atoms. The lowest BCUT2D eigenvalue weighted by atomic mass is 10.1. The summed E-state index contributed by atoms with van der Waals surface area (Å²) in [5, 5.41) is 0. The van der Waals surface area contributed by atoms with Crippen LogP contribution in [0.5, 0.6) is 0 Å². The largest absolute Gasteiger partial charge is 0.335 e. The highest BCUT2D eigenvalue weighted by atomic mass is 32.2. The minimum Gasteiger partial charge on any atom is -0.335 e. The third kappa shape index (κ3) is 2.46. The van der Waals surface area contributed by atoms with Crippen LogP contribution >= 0.6 is 0 Å². The van der Waals surface area contributed by atoms with Gasteiger partial charge in [-0.1, -0.05) is 6.07 Å². The molecule has 2 aliphatic rings. The van der Waals surface area contributed by atoms with E-state index in [0.717, 1.165) is 6.42 Å². The SMILES string of the molecule is Cn1c(C(=O)N2C[C@H]3CCN(S(C)(=O)=O)[C@H]3C2)cccc1=O. The Bertz CT molecular complexity index is 771. The number of sulfonamides is 1. The number of pyridine rings is 1. The molecule has 1 amide bonds. The molecular weight excluding hydrogens is 306 g/mol. The molecule has 3 heterocycles. The topological polar surface area (TPSA) is 79.7 Å². The van der Waals surface area contributed by atoms with Crippen LogP contribution in [0.3, 0.4) is 0 Å². The van der Waals surface area contributed by atoms with E-state index in [-0.39, 0.29) is 23.4 Å². The maximum Gasteiger partial charge on any atom is 0.270 e. The van der Waals surface area contributed by atoms with Crippen molar-refractivity contribution in [2.75, 3.05) is 25.9 Å². The molecule has 0 saturated carbocycles. The van der Waals surface area contributed by atoms with Gasteiger partial charge < -0.3 is 9.47 Å². The molecule has 2 fully saturated rings. The first-order chi connectivity index (χ1) is 10.3. The Kier molecular flexibility index (Phi) is 3.60. The van der Waals surface area contributed by atoms with Crippen molar-refractivity contribution in [3.63, 3.8) is 0 Å². The van der Waals surface area contributed by atoms with Crippen LogP contribution in [0, 0.1) is 5.92 Å². The molecule has 0 N–H and O–H groups in total. The molecule has 0 radical (unpaired) electrons. The van der Waals surface area contributed by atoms with E-state index in [9.17, 15) is 18.0 Å². The first-order valence-corrected chi connectivity index (χ1v) is 9.06. The molecule has 1 aromatic rings. The number of rotatable bonds is 2. The third-order valence-electron chi connectivity index (χ3n) is 4.61. The van der Waals surface area contributed by atoms with E-state index in [1.165, 1.54) is 21.2 Å². The van der Waals surface area contributed by atoms with E-state index in [4.69, 9.17) is 0 Å². The maximum atomic E-state index is 12.6. The third-order valence-corrected chi connectivity index (χ3v) is 5.92. The number of fused-ring (bicyclic) bond motifs is 1. The van der Waals surface area contributed by atoms with Gasteiger partial charge in [-0.15, -0.1) is 0 Å². The van der Waals surface area contributed by atoms with Crippen LogP contribution in [-0.4, -0.2) is 60.0 Å². The molecule has 7 nitrogen and oxygen atoms in total. The number of likely N-dealkylation sites (tertiary alicyclic amines) is 1. The minimum absolute atomic E-state index is 0.139. The Morgan fingerprint density at radius 2 is 2.00 bits per heavy atom. The predicted molar refractivity (Wildman–Crippen MR) is 81.0 cm³/mol. The zero-order valence-electron chi connectivity index (χ0n) is 12.6. The van der Waals surface area contributed by atoms with E-state index in [1.54, 1.807) is 24.1 Å². The van der Waals surface area contributed by atoms with Gasteiger partial charge in [0.1, 0.15) is 5.69 Å². The van der Waals surface area contributed by atoms with Crippen LogP contribution in [0.2, 0.25) is 0 Å². The zero-order chi connectivity index (χ0) is 16.1. The van der Waals surface area contributed by atoms with Gasteiger partial charge in [0.25, 0.3) is 11.5 Å². The monoisotopic (exact) mass is 325 g/mol. The van der Waals surface area contributed by atoms with Gasteiger partial charge in [-0.2, -0.15) is 4.31 Å². The van der Waals surface area contributed by atoms with Gasteiger partial charge in [0.2, 0.25) is 10.0 Å². The fourth-order valence-corrected chi connectivity index (χ4v) is 4.61. The van der Waals surface area contributed by atoms with Gasteiger partial charge in [0.15, 0.2) is 0 Å². The summed E-state index contributed by atoms with van der Waals surface area (Å²) in [7, 11) is -1.68. The Morgan fingerprint density at radius 3 is 2.68 bits per heavy atom. The van der Waals surface area contributed by atoms with Gasteiger partial charge in [-0.3, -0.25) is 9.59 Å². The number of hydrogen-bond acceptors (Lipinski definition) is 4. The quantitative estimate of drug-likeness (QED) is 0.734. The average molecular weight is 325 g/mol. The highest BCUT2D eigenvalue weighted by Crippen LogP contribution is 2.33. The number of carbonyl (C=O) groups excluding carboxylic acids is 1. The van der Waals surface area contributed by atoms with Crippen molar-refractivity contribution in [2.45, 2.75) is 12.5 Å². The summed E-state index contributed by atoms with van der Waals surface area (Å²) in [6, 6.07) is 4.45. The number of amides is 1. The van der Waals surface area contributed by atoms with E-state index in [1.807, 2.05) is 0 Å². The predicted octanol–water partition coefficient (Wildman–Crippen LogP) is -0.509. The van der Waals surface area contributed by atoms with Gasteiger partial charge in [-0.05, 0) is 18.4 Å². The van der Waals surface area contributed by atoms with Gasteiger partial charge in [0.05, 0.1) is 6.26 Å².